The van der Waals surface area contributed by atoms with Crippen LogP contribution in [0, 0.1) is 5.92 Å². The van der Waals surface area contributed by atoms with Crippen LogP contribution in [0.5, 0.6) is 0 Å². The van der Waals surface area contributed by atoms with Gasteiger partial charge in [-0.05, 0) is 12.3 Å². The molecular formula is C17H25N5O5. The average molecular weight is 379 g/mol. The van der Waals surface area contributed by atoms with Gasteiger partial charge in [-0.1, -0.05) is 32.1 Å². The van der Waals surface area contributed by atoms with Gasteiger partial charge in [0.1, 0.15) is 6.54 Å². The van der Waals surface area contributed by atoms with Crippen molar-refractivity contribution in [3.8, 4) is 0 Å². The van der Waals surface area contributed by atoms with E-state index in [1.54, 1.807) is 0 Å². The third-order valence-electron chi connectivity index (χ3n) is 4.42. The number of esters is 2. The van der Waals surface area contributed by atoms with E-state index in [1.165, 1.54) is 31.8 Å². The maximum absolute atomic E-state index is 12.0. The lowest BCUT2D eigenvalue weighted by Gasteiger charge is -2.24. The van der Waals surface area contributed by atoms with Gasteiger partial charge in [0.25, 0.3) is 0 Å². The quantitative estimate of drug-likeness (QED) is 0.354. The summed E-state index contributed by atoms with van der Waals surface area (Å²) in [7, 11) is 0. The van der Waals surface area contributed by atoms with Crippen molar-refractivity contribution in [3.05, 3.63) is 18.2 Å². The Labute approximate surface area is 156 Å². The van der Waals surface area contributed by atoms with Gasteiger partial charge in [-0.15, -0.1) is 0 Å². The fraction of sp³-hybridized carbons (Fsp3) is 0.588. The minimum Gasteiger partial charge on any atom is -0.387 e. The monoisotopic (exact) mass is 379 g/mol. The predicted octanol–water partition coefficient (Wildman–Crippen LogP) is -0.377. The van der Waals surface area contributed by atoms with Crippen molar-refractivity contribution in [3.63, 3.8) is 0 Å². The Morgan fingerprint density at radius 2 is 1.93 bits per heavy atom. The Morgan fingerprint density at radius 3 is 2.59 bits per heavy atom. The lowest BCUT2D eigenvalue weighted by atomic mass is 9.85. The first-order chi connectivity index (χ1) is 13.0. The van der Waals surface area contributed by atoms with Crippen LogP contribution in [0.15, 0.2) is 12.5 Å². The van der Waals surface area contributed by atoms with Gasteiger partial charge in [-0.25, -0.2) is 14.6 Å². The van der Waals surface area contributed by atoms with E-state index >= 15 is 0 Å². The zero-order valence-electron chi connectivity index (χ0n) is 15.0. The molecule has 2 rings (SSSR count). The van der Waals surface area contributed by atoms with Crippen molar-refractivity contribution in [2.45, 2.75) is 44.6 Å². The van der Waals surface area contributed by atoms with Crippen molar-refractivity contribution in [2.75, 3.05) is 13.1 Å². The Bertz CT molecular complexity index is 655. The molecule has 0 aromatic carbocycles. The molecule has 1 aromatic heterocycles. The molecule has 2 amide bonds. The molecule has 0 radical (unpaired) electrons. The van der Waals surface area contributed by atoms with Gasteiger partial charge in [0, 0.05) is 6.20 Å². The second-order valence-electron chi connectivity index (χ2n) is 6.56. The highest BCUT2D eigenvalue weighted by atomic mass is 16.6. The lowest BCUT2D eigenvalue weighted by molar-refractivity contribution is -0.138. The minimum atomic E-state index is -0.934. The van der Waals surface area contributed by atoms with Crippen molar-refractivity contribution < 1.29 is 23.9 Å². The number of aromatic amines is 1. The second kappa shape index (κ2) is 10.4. The van der Waals surface area contributed by atoms with Gasteiger partial charge in [-0.3, -0.25) is 9.59 Å². The van der Waals surface area contributed by atoms with Crippen LogP contribution in [0.3, 0.4) is 0 Å². The summed E-state index contributed by atoms with van der Waals surface area (Å²) in [5.41, 5.74) is 5.85. The van der Waals surface area contributed by atoms with E-state index in [0.717, 1.165) is 12.8 Å². The number of nitrogens with two attached hydrogens (primary N) is 1. The van der Waals surface area contributed by atoms with Crippen LogP contribution in [-0.4, -0.2) is 52.9 Å². The molecule has 0 bridgehead atoms. The summed E-state index contributed by atoms with van der Waals surface area (Å²) in [4.78, 5) is 52.9. The normalized spacial score (nSPS) is 15.6. The number of rotatable bonds is 8. The molecule has 27 heavy (non-hydrogen) atoms. The molecule has 5 N–H and O–H groups in total. The van der Waals surface area contributed by atoms with E-state index in [2.05, 4.69) is 25.3 Å². The average Bonchev–Trinajstić information content (AvgIpc) is 3.20. The Morgan fingerprint density at radius 1 is 1.19 bits per heavy atom. The van der Waals surface area contributed by atoms with E-state index in [4.69, 9.17) is 5.73 Å². The van der Waals surface area contributed by atoms with Crippen molar-refractivity contribution in [1.29, 1.82) is 0 Å². The molecule has 0 spiro atoms. The summed E-state index contributed by atoms with van der Waals surface area (Å²) in [5.74, 6) is -2.38. The fourth-order valence-electron chi connectivity index (χ4n) is 2.98. The molecule has 1 fully saturated rings. The topological polar surface area (TPSA) is 156 Å². The number of amides is 2. The van der Waals surface area contributed by atoms with E-state index < -0.39 is 36.3 Å². The van der Waals surface area contributed by atoms with Crippen LogP contribution in [0.2, 0.25) is 0 Å². The van der Waals surface area contributed by atoms with Gasteiger partial charge in [0.2, 0.25) is 11.8 Å². The largest absolute Gasteiger partial charge is 0.387 e. The lowest BCUT2D eigenvalue weighted by Crippen LogP contribution is -2.46. The number of nitrogens with one attached hydrogen (secondary N) is 3. The number of H-pyrrole nitrogens is 1. The fourth-order valence-corrected chi connectivity index (χ4v) is 2.98. The second-order valence-corrected chi connectivity index (χ2v) is 6.56. The van der Waals surface area contributed by atoms with E-state index in [0.29, 0.717) is 12.3 Å². The summed E-state index contributed by atoms with van der Waals surface area (Å²) in [5, 5.41) is 4.71. The Balaban J connectivity index is 1.61. The number of aromatic nitrogens is 2. The van der Waals surface area contributed by atoms with Crippen LogP contribution < -0.4 is 16.4 Å². The smallest absolute Gasteiger partial charge is 0.366 e. The van der Waals surface area contributed by atoms with Gasteiger partial charge in [0.05, 0.1) is 18.9 Å². The molecule has 1 aliphatic carbocycles. The van der Waals surface area contributed by atoms with Gasteiger partial charge < -0.3 is 26.1 Å². The number of carbonyl (C=O) groups is 4. The molecule has 1 atom stereocenters. The zero-order valence-corrected chi connectivity index (χ0v) is 15.0. The summed E-state index contributed by atoms with van der Waals surface area (Å²) >= 11 is 0. The maximum Gasteiger partial charge on any atom is 0.366 e. The molecule has 1 heterocycles. The van der Waals surface area contributed by atoms with Crippen LogP contribution >= 0.6 is 0 Å². The molecule has 1 aromatic rings. The highest BCUT2D eigenvalue weighted by Crippen LogP contribution is 2.26. The number of nitrogens with zero attached hydrogens (tertiary/aromatic N) is 1. The van der Waals surface area contributed by atoms with Crippen molar-refractivity contribution >= 4 is 23.8 Å². The molecule has 0 saturated heterocycles. The van der Waals surface area contributed by atoms with Gasteiger partial charge >= 0.3 is 11.9 Å². The highest BCUT2D eigenvalue weighted by molar-refractivity contribution is 5.96. The summed E-state index contributed by atoms with van der Waals surface area (Å²) in [6, 6.07) is -0.655. The SMILES string of the molecule is N[C@@H](CC1CCCCC1)C(=O)NCC(=O)NCC(=O)OC(=O)c1c[nH]cn1. The number of carbonyl (C=O) groups excluding carboxylic acids is 4. The van der Waals surface area contributed by atoms with Crippen LogP contribution in [0.4, 0.5) is 0 Å². The van der Waals surface area contributed by atoms with Gasteiger partial charge in [0.15, 0.2) is 5.69 Å². The van der Waals surface area contributed by atoms with Crippen LogP contribution in [0.1, 0.15) is 49.0 Å². The Kier molecular flexibility index (Phi) is 7.93. The van der Waals surface area contributed by atoms with Crippen molar-refractivity contribution in [1.82, 2.24) is 20.6 Å². The first-order valence-electron chi connectivity index (χ1n) is 8.99. The van der Waals surface area contributed by atoms with Crippen LogP contribution in [0.25, 0.3) is 0 Å². The zero-order chi connectivity index (χ0) is 19.6. The highest BCUT2D eigenvalue weighted by Gasteiger charge is 2.22. The van der Waals surface area contributed by atoms with E-state index in [1.807, 2.05) is 0 Å². The third-order valence-corrected chi connectivity index (χ3v) is 4.42. The molecule has 0 aliphatic heterocycles. The summed E-state index contributed by atoms with van der Waals surface area (Å²) in [6.07, 6.45) is 8.88. The van der Waals surface area contributed by atoms with E-state index in [9.17, 15) is 19.2 Å². The Hall–Kier alpha value is -2.75. The molecule has 148 valence electrons. The molecular weight excluding hydrogens is 354 g/mol. The first-order valence-corrected chi connectivity index (χ1v) is 8.99. The molecule has 10 heteroatoms. The van der Waals surface area contributed by atoms with E-state index in [-0.39, 0.29) is 12.2 Å². The maximum atomic E-state index is 12.0. The molecule has 10 nitrogen and oxygen atoms in total. The molecule has 0 unspecified atom stereocenters. The predicted molar refractivity (Wildman–Crippen MR) is 94.2 cm³/mol. The number of hydrogen-bond donors (Lipinski definition) is 4. The number of hydrogen-bond acceptors (Lipinski definition) is 7. The minimum absolute atomic E-state index is 0.0473. The summed E-state index contributed by atoms with van der Waals surface area (Å²) in [6.45, 7) is -0.809. The standard InChI is InChI=1S/C17H25N5O5/c18-12(6-11-4-2-1-3-5-11)16(25)21-8-14(23)20-9-15(24)27-17(26)13-7-19-10-22-13/h7,10-12H,1-6,8-9,18H2,(H,19,22)(H,20,23)(H,21,25)/t12-/m0/s1. The number of imidazole rings is 1. The molecule has 1 aliphatic rings. The van der Waals surface area contributed by atoms with Crippen LogP contribution in [-0.2, 0) is 19.1 Å². The summed E-state index contributed by atoms with van der Waals surface area (Å²) < 4.78 is 4.51. The molecule has 1 saturated carbocycles. The van der Waals surface area contributed by atoms with Gasteiger partial charge in [-0.2, -0.15) is 0 Å². The van der Waals surface area contributed by atoms with Crippen molar-refractivity contribution in [2.24, 2.45) is 11.7 Å². The number of ether oxygens (including phenoxy) is 1. The third kappa shape index (κ3) is 7.18. The first kappa shape index (κ1) is 20.6.